The fourth-order valence-corrected chi connectivity index (χ4v) is 7.87. The lowest BCUT2D eigenvalue weighted by molar-refractivity contribution is -0.155. The molecule has 0 spiro atoms. The number of ether oxygens (including phenoxy) is 1. The molecule has 0 aliphatic heterocycles. The minimum Gasteiger partial charge on any atom is -0.372 e. The van der Waals surface area contributed by atoms with Crippen molar-refractivity contribution in [2.24, 2.45) is 34.5 Å². The van der Waals surface area contributed by atoms with Crippen LogP contribution in [-0.4, -0.2) is 11.7 Å². The molecule has 1 heteroatoms. The molecule has 1 nitrogen and oxygen atoms in total. The lowest BCUT2D eigenvalue weighted by atomic mass is 9.45. The maximum absolute atomic E-state index is 6.58. The molecule has 4 saturated carbocycles. The third kappa shape index (κ3) is 2.60. The highest BCUT2D eigenvalue weighted by molar-refractivity contribution is 5.09. The van der Waals surface area contributed by atoms with E-state index in [-0.39, 0.29) is 5.60 Å². The van der Waals surface area contributed by atoms with Crippen LogP contribution in [0.2, 0.25) is 0 Å². The van der Waals surface area contributed by atoms with Gasteiger partial charge in [0.15, 0.2) is 0 Å². The highest BCUT2D eigenvalue weighted by Crippen LogP contribution is 2.66. The fourth-order valence-electron chi connectivity index (χ4n) is 7.87. The van der Waals surface area contributed by atoms with Gasteiger partial charge in [-0.05, 0) is 107 Å². The summed E-state index contributed by atoms with van der Waals surface area (Å²) in [6.45, 7) is 12.0. The maximum Gasteiger partial charge on any atom is 0.0638 e. The van der Waals surface area contributed by atoms with Crippen LogP contribution in [0, 0.1) is 34.5 Å². The Hall–Kier alpha value is -0.0400. The van der Waals surface area contributed by atoms with E-state index in [1.165, 1.54) is 64.2 Å². The summed E-state index contributed by atoms with van der Waals surface area (Å²) in [5.41, 5.74) is 1.13. The Bertz CT molecular complexity index is 477. The number of rotatable bonds is 1. The average Bonchev–Trinajstić information content (AvgIpc) is 2.82. The van der Waals surface area contributed by atoms with Crippen LogP contribution in [0.25, 0.3) is 0 Å². The minimum atomic E-state index is 0.00637. The van der Waals surface area contributed by atoms with Crippen molar-refractivity contribution in [2.75, 3.05) is 0 Å². The molecule has 0 aromatic heterocycles. The van der Waals surface area contributed by atoms with Gasteiger partial charge >= 0.3 is 0 Å². The fraction of sp³-hybridized carbons (Fsp3) is 1.00. The molecule has 0 aromatic rings. The molecule has 2 unspecified atom stereocenters. The van der Waals surface area contributed by atoms with Crippen molar-refractivity contribution in [2.45, 2.75) is 111 Å². The van der Waals surface area contributed by atoms with Gasteiger partial charge in [-0.2, -0.15) is 0 Å². The Kier molecular flexibility index (Phi) is 4.15. The van der Waals surface area contributed by atoms with Crippen LogP contribution in [0.1, 0.15) is 98.8 Å². The van der Waals surface area contributed by atoms with E-state index >= 15 is 0 Å². The zero-order chi connectivity index (χ0) is 17.2. The van der Waals surface area contributed by atoms with Crippen LogP contribution < -0.4 is 0 Å². The summed E-state index contributed by atoms with van der Waals surface area (Å²) in [5.74, 6) is 3.99. The molecule has 0 bridgehead atoms. The van der Waals surface area contributed by atoms with E-state index < -0.39 is 0 Å². The van der Waals surface area contributed by atoms with Gasteiger partial charge in [-0.25, -0.2) is 0 Å². The molecule has 24 heavy (non-hydrogen) atoms. The van der Waals surface area contributed by atoms with Gasteiger partial charge in [-0.1, -0.05) is 26.7 Å². The number of fused-ring (bicyclic) bond motifs is 5. The number of hydrogen-bond donors (Lipinski definition) is 0. The van der Waals surface area contributed by atoms with Gasteiger partial charge in [0.05, 0.1) is 11.7 Å². The zero-order valence-corrected chi connectivity index (χ0v) is 16.9. The SMILES string of the molecule is CC(C)(C)OC1CC[C@H]2[C@@H]3CCC4CCCC[C@]4(C)[C@@H]3CC[C@]12C. The van der Waals surface area contributed by atoms with Crippen LogP contribution >= 0.6 is 0 Å². The van der Waals surface area contributed by atoms with Gasteiger partial charge in [0.1, 0.15) is 0 Å². The van der Waals surface area contributed by atoms with E-state index in [0.29, 0.717) is 16.9 Å². The Morgan fingerprint density at radius 3 is 2.25 bits per heavy atom. The van der Waals surface area contributed by atoms with Gasteiger partial charge in [0.2, 0.25) is 0 Å². The Balaban J connectivity index is 1.57. The first-order valence-electron chi connectivity index (χ1n) is 10.9. The molecule has 4 aliphatic carbocycles. The minimum absolute atomic E-state index is 0.00637. The first-order chi connectivity index (χ1) is 11.2. The molecule has 0 heterocycles. The molecule has 0 N–H and O–H groups in total. The zero-order valence-electron chi connectivity index (χ0n) is 16.9. The second-order valence-electron chi connectivity index (χ2n) is 11.2. The standard InChI is InChI=1S/C23H40O/c1-21(2,3)24-20-12-11-18-17-10-9-16-8-6-7-14-22(16,4)19(17)13-15-23(18,20)5/h16-20H,6-15H2,1-5H3/t16?,17-,18-,19+,20?,22-,23-/m0/s1. The van der Waals surface area contributed by atoms with E-state index in [2.05, 4.69) is 34.6 Å². The summed E-state index contributed by atoms with van der Waals surface area (Å²) in [6, 6.07) is 0. The highest BCUT2D eigenvalue weighted by Gasteiger charge is 2.60. The molecule has 0 aromatic carbocycles. The predicted octanol–water partition coefficient (Wildman–Crippen LogP) is 6.60. The lowest BCUT2D eigenvalue weighted by Gasteiger charge is -2.60. The predicted molar refractivity (Wildman–Crippen MR) is 101 cm³/mol. The molecular weight excluding hydrogens is 292 g/mol. The summed E-state index contributed by atoms with van der Waals surface area (Å²) in [7, 11) is 0. The van der Waals surface area contributed by atoms with Crippen LogP contribution in [0.3, 0.4) is 0 Å². The van der Waals surface area contributed by atoms with Crippen LogP contribution in [0.4, 0.5) is 0 Å². The number of hydrogen-bond acceptors (Lipinski definition) is 1. The summed E-state index contributed by atoms with van der Waals surface area (Å²) >= 11 is 0. The van der Waals surface area contributed by atoms with E-state index in [9.17, 15) is 0 Å². The molecule has 4 aliphatic rings. The van der Waals surface area contributed by atoms with Crippen molar-refractivity contribution in [1.29, 1.82) is 0 Å². The van der Waals surface area contributed by atoms with Crippen molar-refractivity contribution < 1.29 is 4.74 Å². The first-order valence-corrected chi connectivity index (χ1v) is 10.9. The van der Waals surface area contributed by atoms with Crippen LogP contribution in [-0.2, 0) is 4.74 Å². The molecule has 4 rings (SSSR count). The maximum atomic E-state index is 6.58. The lowest BCUT2D eigenvalue weighted by Crippen LogP contribution is -2.54. The van der Waals surface area contributed by atoms with E-state index in [0.717, 1.165) is 23.7 Å². The van der Waals surface area contributed by atoms with Crippen molar-refractivity contribution in [3.63, 3.8) is 0 Å². The second-order valence-corrected chi connectivity index (χ2v) is 11.2. The summed E-state index contributed by atoms with van der Waals surface area (Å²) in [6.07, 6.45) is 15.2. The molecule has 0 saturated heterocycles. The topological polar surface area (TPSA) is 9.23 Å². The van der Waals surface area contributed by atoms with E-state index in [1.807, 2.05) is 0 Å². The van der Waals surface area contributed by atoms with Gasteiger partial charge in [-0.3, -0.25) is 0 Å². The second kappa shape index (κ2) is 5.73. The van der Waals surface area contributed by atoms with Crippen molar-refractivity contribution in [1.82, 2.24) is 0 Å². The molecule has 7 atom stereocenters. The van der Waals surface area contributed by atoms with Crippen molar-refractivity contribution in [3.8, 4) is 0 Å². The largest absolute Gasteiger partial charge is 0.372 e. The summed E-state index contributed by atoms with van der Waals surface area (Å²) < 4.78 is 6.58. The Labute approximate surface area is 150 Å². The first kappa shape index (κ1) is 17.4. The van der Waals surface area contributed by atoms with Crippen LogP contribution in [0.15, 0.2) is 0 Å². The Morgan fingerprint density at radius 1 is 0.750 bits per heavy atom. The normalized spacial score (nSPS) is 51.6. The Morgan fingerprint density at radius 2 is 1.50 bits per heavy atom. The molecule has 138 valence electrons. The van der Waals surface area contributed by atoms with Gasteiger partial charge in [0.25, 0.3) is 0 Å². The summed E-state index contributed by atoms with van der Waals surface area (Å²) in [4.78, 5) is 0. The third-order valence-electron chi connectivity index (χ3n) is 8.99. The quantitative estimate of drug-likeness (QED) is 0.525. The van der Waals surface area contributed by atoms with Crippen LogP contribution in [0.5, 0.6) is 0 Å². The summed E-state index contributed by atoms with van der Waals surface area (Å²) in [5, 5.41) is 0. The molecule has 4 fully saturated rings. The van der Waals surface area contributed by atoms with Gasteiger partial charge < -0.3 is 4.74 Å². The third-order valence-corrected chi connectivity index (χ3v) is 8.99. The highest BCUT2D eigenvalue weighted by atomic mass is 16.5. The van der Waals surface area contributed by atoms with E-state index in [1.54, 1.807) is 0 Å². The average molecular weight is 333 g/mol. The van der Waals surface area contributed by atoms with Gasteiger partial charge in [0, 0.05) is 0 Å². The molecule has 0 amide bonds. The molecule has 0 radical (unpaired) electrons. The van der Waals surface area contributed by atoms with Gasteiger partial charge in [-0.15, -0.1) is 0 Å². The van der Waals surface area contributed by atoms with E-state index in [4.69, 9.17) is 4.74 Å². The smallest absolute Gasteiger partial charge is 0.0638 e. The van der Waals surface area contributed by atoms with Crippen molar-refractivity contribution >= 4 is 0 Å². The van der Waals surface area contributed by atoms with Crippen molar-refractivity contribution in [3.05, 3.63) is 0 Å². The monoisotopic (exact) mass is 332 g/mol. The molecular formula is C23H40O.